The molecular formula is C21H22N2O3S2. The molecule has 1 aromatic heterocycles. The van der Waals surface area contributed by atoms with Crippen LogP contribution < -0.4 is 9.64 Å². The van der Waals surface area contributed by atoms with Crippen LogP contribution in [0.1, 0.15) is 5.69 Å². The fraction of sp³-hybridized carbons (Fsp3) is 0.238. The third kappa shape index (κ3) is 5.74. The van der Waals surface area contributed by atoms with Crippen molar-refractivity contribution in [2.24, 2.45) is 0 Å². The molecule has 0 aliphatic heterocycles. The Labute approximate surface area is 173 Å². The molecule has 2 aromatic carbocycles. The lowest BCUT2D eigenvalue weighted by molar-refractivity contribution is -0.133. The van der Waals surface area contributed by atoms with Gasteiger partial charge < -0.3 is 14.7 Å². The highest BCUT2D eigenvalue weighted by molar-refractivity contribution is 8.01. The van der Waals surface area contributed by atoms with Crippen LogP contribution >= 0.6 is 23.1 Å². The highest BCUT2D eigenvalue weighted by atomic mass is 32.2. The summed E-state index contributed by atoms with van der Waals surface area (Å²) in [5.74, 6) is 0.0276. The van der Waals surface area contributed by atoms with Crippen LogP contribution in [0.4, 0.5) is 5.69 Å². The maximum absolute atomic E-state index is 10.6. The van der Waals surface area contributed by atoms with Crippen molar-refractivity contribution in [3.05, 3.63) is 59.6 Å². The van der Waals surface area contributed by atoms with E-state index in [1.165, 1.54) is 34.3 Å². The lowest BCUT2D eigenvalue weighted by atomic mass is 10.1. The van der Waals surface area contributed by atoms with Crippen molar-refractivity contribution in [1.82, 2.24) is 4.98 Å². The Morgan fingerprint density at radius 1 is 1.11 bits per heavy atom. The molecule has 0 aliphatic carbocycles. The van der Waals surface area contributed by atoms with Gasteiger partial charge in [-0.1, -0.05) is 36.0 Å². The fourth-order valence-electron chi connectivity index (χ4n) is 2.56. The molecule has 1 N–H and O–H groups in total. The van der Waals surface area contributed by atoms with E-state index in [1.54, 1.807) is 0 Å². The Kier molecular flexibility index (Phi) is 6.95. The SMILES string of the molecule is CN(C)c1ccc(-c2ccc(OCCc3csc(SCC(=O)O)n3)cc2)cc1. The standard InChI is InChI=1S/C21H22N2O3S2/c1-23(2)18-7-3-15(4-8-18)16-5-9-19(10-6-16)26-12-11-17-13-27-21(22-17)28-14-20(24)25/h3-10,13H,11-12,14H2,1-2H3,(H,24,25). The number of rotatable bonds is 9. The molecule has 3 rings (SSSR count). The van der Waals surface area contributed by atoms with Crippen molar-refractivity contribution < 1.29 is 14.6 Å². The van der Waals surface area contributed by atoms with Crippen LogP contribution in [0.3, 0.4) is 0 Å². The largest absolute Gasteiger partial charge is 0.493 e. The molecule has 1 heterocycles. The number of ether oxygens (including phenoxy) is 1. The molecule has 0 saturated carbocycles. The number of carboxylic acid groups (broad SMARTS) is 1. The number of anilines is 1. The quantitative estimate of drug-likeness (QED) is 0.513. The Morgan fingerprint density at radius 2 is 1.75 bits per heavy atom. The van der Waals surface area contributed by atoms with E-state index in [-0.39, 0.29) is 5.75 Å². The summed E-state index contributed by atoms with van der Waals surface area (Å²) < 4.78 is 6.60. The lowest BCUT2D eigenvalue weighted by Crippen LogP contribution is -2.07. The van der Waals surface area contributed by atoms with E-state index in [9.17, 15) is 4.79 Å². The van der Waals surface area contributed by atoms with E-state index in [2.05, 4.69) is 46.3 Å². The summed E-state index contributed by atoms with van der Waals surface area (Å²) in [4.78, 5) is 17.1. The van der Waals surface area contributed by atoms with Crippen molar-refractivity contribution in [1.29, 1.82) is 0 Å². The summed E-state index contributed by atoms with van der Waals surface area (Å²) in [6.45, 7) is 0.531. The number of thioether (sulfide) groups is 1. The van der Waals surface area contributed by atoms with Crippen LogP contribution in [-0.4, -0.2) is 42.5 Å². The van der Waals surface area contributed by atoms with Gasteiger partial charge in [0.25, 0.3) is 0 Å². The fourth-order valence-corrected chi connectivity index (χ4v) is 4.16. The number of aromatic nitrogens is 1. The van der Waals surface area contributed by atoms with Gasteiger partial charge in [-0.3, -0.25) is 4.79 Å². The molecule has 0 spiro atoms. The summed E-state index contributed by atoms with van der Waals surface area (Å²) in [7, 11) is 4.06. The molecule has 3 aromatic rings. The average Bonchev–Trinajstić information content (AvgIpc) is 3.15. The van der Waals surface area contributed by atoms with E-state index >= 15 is 0 Å². The molecule has 0 bridgehead atoms. The highest BCUT2D eigenvalue weighted by Crippen LogP contribution is 2.25. The second-order valence-electron chi connectivity index (χ2n) is 6.35. The number of carboxylic acids is 1. The number of carbonyl (C=O) groups is 1. The molecule has 146 valence electrons. The number of aliphatic carboxylic acids is 1. The number of benzene rings is 2. The Hall–Kier alpha value is -2.51. The first-order valence-electron chi connectivity index (χ1n) is 8.81. The first-order valence-corrected chi connectivity index (χ1v) is 10.7. The average molecular weight is 415 g/mol. The van der Waals surface area contributed by atoms with Gasteiger partial charge in [0, 0.05) is 31.6 Å². The summed E-state index contributed by atoms with van der Waals surface area (Å²) in [5.41, 5.74) is 4.43. The smallest absolute Gasteiger partial charge is 0.313 e. The van der Waals surface area contributed by atoms with Gasteiger partial charge in [-0.05, 0) is 35.4 Å². The molecule has 0 atom stereocenters. The minimum absolute atomic E-state index is 0.0354. The van der Waals surface area contributed by atoms with E-state index in [0.717, 1.165) is 21.3 Å². The third-order valence-corrected chi connectivity index (χ3v) is 6.10. The summed E-state index contributed by atoms with van der Waals surface area (Å²) in [6, 6.07) is 16.5. The number of thiazole rings is 1. The van der Waals surface area contributed by atoms with Crippen LogP contribution in [0.5, 0.6) is 5.75 Å². The van der Waals surface area contributed by atoms with Crippen LogP contribution in [-0.2, 0) is 11.2 Å². The van der Waals surface area contributed by atoms with Gasteiger partial charge in [-0.15, -0.1) is 11.3 Å². The van der Waals surface area contributed by atoms with Gasteiger partial charge in [0.05, 0.1) is 18.1 Å². The van der Waals surface area contributed by atoms with Crippen molar-refractivity contribution in [3.8, 4) is 16.9 Å². The van der Waals surface area contributed by atoms with Crippen molar-refractivity contribution in [3.63, 3.8) is 0 Å². The summed E-state index contributed by atoms with van der Waals surface area (Å²) >= 11 is 2.72. The van der Waals surface area contributed by atoms with Gasteiger partial charge in [0.1, 0.15) is 5.75 Å². The Morgan fingerprint density at radius 3 is 2.36 bits per heavy atom. The van der Waals surface area contributed by atoms with Gasteiger partial charge in [0.15, 0.2) is 4.34 Å². The third-order valence-electron chi connectivity index (χ3n) is 4.05. The van der Waals surface area contributed by atoms with Crippen LogP contribution in [0.2, 0.25) is 0 Å². The second-order valence-corrected chi connectivity index (χ2v) is 8.43. The molecule has 0 aliphatic rings. The minimum atomic E-state index is -0.831. The second kappa shape index (κ2) is 9.61. The molecular weight excluding hydrogens is 392 g/mol. The zero-order valence-corrected chi connectivity index (χ0v) is 17.4. The van der Waals surface area contributed by atoms with Crippen LogP contribution in [0.25, 0.3) is 11.1 Å². The Balaban J connectivity index is 1.50. The molecule has 0 unspecified atom stereocenters. The molecule has 7 heteroatoms. The minimum Gasteiger partial charge on any atom is -0.493 e. The van der Waals surface area contributed by atoms with Crippen molar-refractivity contribution in [2.75, 3.05) is 31.4 Å². The van der Waals surface area contributed by atoms with Crippen LogP contribution in [0.15, 0.2) is 58.3 Å². The zero-order valence-electron chi connectivity index (χ0n) is 15.8. The first-order chi connectivity index (χ1) is 13.5. The van der Waals surface area contributed by atoms with E-state index < -0.39 is 5.97 Å². The van der Waals surface area contributed by atoms with Crippen molar-refractivity contribution >= 4 is 34.8 Å². The first kappa shape index (κ1) is 20.2. The van der Waals surface area contributed by atoms with Crippen molar-refractivity contribution in [2.45, 2.75) is 10.8 Å². The maximum Gasteiger partial charge on any atom is 0.313 e. The molecule has 28 heavy (non-hydrogen) atoms. The predicted molar refractivity (Wildman–Crippen MR) is 116 cm³/mol. The summed E-state index contributed by atoms with van der Waals surface area (Å²) in [5, 5.41) is 10.7. The molecule has 0 radical (unpaired) electrons. The zero-order chi connectivity index (χ0) is 19.9. The van der Waals surface area contributed by atoms with Gasteiger partial charge in [-0.2, -0.15) is 0 Å². The molecule has 0 amide bonds. The summed E-state index contributed by atoms with van der Waals surface area (Å²) in [6.07, 6.45) is 0.692. The topological polar surface area (TPSA) is 62.7 Å². The normalized spacial score (nSPS) is 10.6. The number of nitrogens with zero attached hydrogens (tertiary/aromatic N) is 2. The maximum atomic E-state index is 10.6. The lowest BCUT2D eigenvalue weighted by Gasteiger charge is -2.13. The van der Waals surface area contributed by atoms with Crippen LogP contribution in [0, 0.1) is 0 Å². The highest BCUT2D eigenvalue weighted by Gasteiger charge is 2.06. The molecule has 5 nitrogen and oxygen atoms in total. The number of hydrogen-bond acceptors (Lipinski definition) is 6. The molecule has 0 fully saturated rings. The van der Waals surface area contributed by atoms with Gasteiger partial charge >= 0.3 is 5.97 Å². The van der Waals surface area contributed by atoms with Gasteiger partial charge in [-0.25, -0.2) is 4.98 Å². The predicted octanol–water partition coefficient (Wildman–Crippen LogP) is 4.67. The number of hydrogen-bond donors (Lipinski definition) is 1. The monoisotopic (exact) mass is 414 g/mol. The van der Waals surface area contributed by atoms with E-state index in [4.69, 9.17) is 9.84 Å². The Bertz CT molecular complexity index is 906. The van der Waals surface area contributed by atoms with E-state index in [1.807, 2.05) is 31.6 Å². The molecule has 0 saturated heterocycles. The van der Waals surface area contributed by atoms with Gasteiger partial charge in [0.2, 0.25) is 0 Å². The van der Waals surface area contributed by atoms with E-state index in [0.29, 0.717) is 13.0 Å².